The summed E-state index contributed by atoms with van der Waals surface area (Å²) in [6, 6.07) is 0. The number of allylic oxidation sites excluding steroid dienone is 1. The molecular formula is C24H36O4. The minimum atomic E-state index is -1.09. The van der Waals surface area contributed by atoms with Crippen LogP contribution in [0.5, 0.6) is 0 Å². The van der Waals surface area contributed by atoms with E-state index >= 15 is 0 Å². The van der Waals surface area contributed by atoms with Crippen LogP contribution < -0.4 is 0 Å². The Balaban J connectivity index is 1.88. The fraction of sp³-hybridized carbons (Fsp3) is 0.833. The highest BCUT2D eigenvalue weighted by Crippen LogP contribution is 2.82. The molecule has 0 aromatic carbocycles. The molecule has 3 saturated carbocycles. The largest absolute Gasteiger partial charge is 0.481 e. The molecule has 4 aliphatic carbocycles. The third-order valence-electron chi connectivity index (χ3n) is 9.12. The summed E-state index contributed by atoms with van der Waals surface area (Å²) in [5.74, 6) is 0.698. The molecule has 4 aliphatic rings. The number of carboxylic acid groups (broad SMARTS) is 1. The standard InChI is InChI=1S/C24H36O4/c1-5-6-9-28-14-23-12-18-16(4)7-8-19(18)22(13-25)11-17(23)10-20(15(2)3)24(22,23)21(26)27/h10,13,15-19H,5-9,11-12,14H2,1-4H3,(H,26,27)/t16?,17?,18?,19?,22-,23+,24-/m0/s1. The average molecular weight is 389 g/mol. The van der Waals surface area contributed by atoms with Crippen molar-refractivity contribution in [2.24, 2.45) is 45.8 Å². The molecule has 0 aromatic heterocycles. The summed E-state index contributed by atoms with van der Waals surface area (Å²) in [5, 5.41) is 10.8. The number of aldehydes is 1. The second-order valence-electron chi connectivity index (χ2n) is 10.4. The van der Waals surface area contributed by atoms with Crippen molar-refractivity contribution in [3.8, 4) is 0 Å². The van der Waals surface area contributed by atoms with Crippen molar-refractivity contribution in [1.29, 1.82) is 0 Å². The zero-order valence-corrected chi connectivity index (χ0v) is 17.9. The molecule has 7 atom stereocenters. The third-order valence-corrected chi connectivity index (χ3v) is 9.12. The van der Waals surface area contributed by atoms with Crippen molar-refractivity contribution in [2.75, 3.05) is 13.2 Å². The molecule has 0 heterocycles. The van der Waals surface area contributed by atoms with Gasteiger partial charge in [-0.05, 0) is 55.3 Å². The lowest BCUT2D eigenvalue weighted by atomic mass is 9.43. The molecule has 4 unspecified atom stereocenters. The van der Waals surface area contributed by atoms with Gasteiger partial charge in [0.05, 0.1) is 12.0 Å². The van der Waals surface area contributed by atoms with Crippen LogP contribution in [0.1, 0.15) is 66.2 Å². The maximum absolute atomic E-state index is 13.2. The topological polar surface area (TPSA) is 63.6 Å². The number of ether oxygens (including phenoxy) is 1. The summed E-state index contributed by atoms with van der Waals surface area (Å²) < 4.78 is 6.18. The fourth-order valence-electron chi connectivity index (χ4n) is 8.13. The normalized spacial score (nSPS) is 46.0. The van der Waals surface area contributed by atoms with E-state index in [4.69, 9.17) is 4.74 Å². The van der Waals surface area contributed by atoms with Gasteiger partial charge < -0.3 is 14.6 Å². The zero-order chi connectivity index (χ0) is 20.3. The zero-order valence-electron chi connectivity index (χ0n) is 17.9. The molecule has 0 aromatic rings. The number of hydrogen-bond acceptors (Lipinski definition) is 3. The maximum Gasteiger partial charge on any atom is 0.315 e. The van der Waals surface area contributed by atoms with Gasteiger partial charge in [-0.1, -0.05) is 52.2 Å². The molecule has 0 amide bonds. The van der Waals surface area contributed by atoms with Crippen LogP contribution in [0.15, 0.2) is 11.6 Å². The number of carboxylic acids is 1. The van der Waals surface area contributed by atoms with Crippen molar-refractivity contribution < 1.29 is 19.4 Å². The highest BCUT2D eigenvalue weighted by molar-refractivity contribution is 5.90. The lowest BCUT2D eigenvalue weighted by Gasteiger charge is -2.58. The molecule has 0 saturated heterocycles. The van der Waals surface area contributed by atoms with E-state index in [2.05, 4.69) is 33.8 Å². The van der Waals surface area contributed by atoms with Gasteiger partial charge in [0.25, 0.3) is 0 Å². The Labute approximate surface area is 169 Å². The molecule has 156 valence electrons. The Hall–Kier alpha value is -1.16. The minimum absolute atomic E-state index is 0.131. The molecule has 4 heteroatoms. The van der Waals surface area contributed by atoms with Crippen molar-refractivity contribution in [2.45, 2.75) is 66.2 Å². The van der Waals surface area contributed by atoms with Gasteiger partial charge in [0.15, 0.2) is 0 Å². The highest BCUT2D eigenvalue weighted by Gasteiger charge is 2.84. The Morgan fingerprint density at radius 1 is 1.36 bits per heavy atom. The number of aliphatic carboxylic acids is 1. The van der Waals surface area contributed by atoms with E-state index < -0.39 is 22.2 Å². The summed E-state index contributed by atoms with van der Waals surface area (Å²) in [4.78, 5) is 26.0. The Morgan fingerprint density at radius 2 is 2.11 bits per heavy atom. The molecule has 0 radical (unpaired) electrons. The van der Waals surface area contributed by atoms with Gasteiger partial charge in [0.2, 0.25) is 0 Å². The van der Waals surface area contributed by atoms with Crippen LogP contribution in [0, 0.1) is 45.8 Å². The second-order valence-corrected chi connectivity index (χ2v) is 10.4. The van der Waals surface area contributed by atoms with Crippen molar-refractivity contribution in [3.63, 3.8) is 0 Å². The summed E-state index contributed by atoms with van der Waals surface area (Å²) in [6.45, 7) is 9.77. The molecule has 3 fully saturated rings. The number of unbranched alkanes of at least 4 members (excludes halogenated alkanes) is 1. The summed E-state index contributed by atoms with van der Waals surface area (Å²) in [6.07, 6.45) is 9.09. The minimum Gasteiger partial charge on any atom is -0.481 e. The Bertz CT molecular complexity index is 697. The van der Waals surface area contributed by atoms with Gasteiger partial charge >= 0.3 is 5.97 Å². The molecule has 4 nitrogen and oxygen atoms in total. The SMILES string of the molecule is CCCCOC[C@]12CC3C(C)CCC3[C@@]3(C=O)CC1C=C(C(C)C)[C@@]23C(=O)O. The van der Waals surface area contributed by atoms with Crippen LogP contribution in [-0.2, 0) is 14.3 Å². The van der Waals surface area contributed by atoms with E-state index in [-0.39, 0.29) is 17.8 Å². The van der Waals surface area contributed by atoms with Crippen molar-refractivity contribution in [1.82, 2.24) is 0 Å². The van der Waals surface area contributed by atoms with E-state index in [1.54, 1.807) is 0 Å². The Kier molecular flexibility index (Phi) is 4.80. The average Bonchev–Trinajstić information content (AvgIpc) is 3.22. The van der Waals surface area contributed by atoms with E-state index in [1.807, 2.05) is 0 Å². The van der Waals surface area contributed by atoms with Crippen LogP contribution in [0.25, 0.3) is 0 Å². The third kappa shape index (κ3) is 2.11. The van der Waals surface area contributed by atoms with Gasteiger partial charge in [0, 0.05) is 12.0 Å². The van der Waals surface area contributed by atoms with Gasteiger partial charge in [0.1, 0.15) is 11.7 Å². The summed E-state index contributed by atoms with van der Waals surface area (Å²) in [5.41, 5.74) is -1.31. The van der Waals surface area contributed by atoms with Crippen LogP contribution in [-0.4, -0.2) is 30.6 Å². The predicted octanol–water partition coefficient (Wildman–Crippen LogP) is 4.73. The number of fused-ring (bicyclic) bond motifs is 2. The van der Waals surface area contributed by atoms with Crippen LogP contribution in [0.2, 0.25) is 0 Å². The summed E-state index contributed by atoms with van der Waals surface area (Å²) >= 11 is 0. The number of carbonyl (C=O) groups excluding carboxylic acids is 1. The molecule has 4 rings (SSSR count). The molecule has 28 heavy (non-hydrogen) atoms. The van der Waals surface area contributed by atoms with E-state index in [0.29, 0.717) is 31.5 Å². The first kappa shape index (κ1) is 20.1. The molecule has 0 spiro atoms. The van der Waals surface area contributed by atoms with E-state index in [9.17, 15) is 14.7 Å². The van der Waals surface area contributed by atoms with Gasteiger partial charge in [-0.15, -0.1) is 0 Å². The number of hydrogen-bond donors (Lipinski definition) is 1. The smallest absolute Gasteiger partial charge is 0.315 e. The monoisotopic (exact) mass is 388 g/mol. The summed E-state index contributed by atoms with van der Waals surface area (Å²) in [7, 11) is 0. The van der Waals surface area contributed by atoms with Gasteiger partial charge in [-0.3, -0.25) is 4.79 Å². The molecule has 4 bridgehead atoms. The van der Waals surface area contributed by atoms with E-state index in [1.165, 1.54) is 0 Å². The van der Waals surface area contributed by atoms with Crippen LogP contribution in [0.4, 0.5) is 0 Å². The van der Waals surface area contributed by atoms with E-state index in [0.717, 1.165) is 44.0 Å². The van der Waals surface area contributed by atoms with Crippen LogP contribution >= 0.6 is 0 Å². The Morgan fingerprint density at radius 3 is 2.71 bits per heavy atom. The fourth-order valence-corrected chi connectivity index (χ4v) is 8.13. The van der Waals surface area contributed by atoms with Gasteiger partial charge in [-0.2, -0.15) is 0 Å². The lowest BCUT2D eigenvalue weighted by Crippen LogP contribution is -2.63. The van der Waals surface area contributed by atoms with Gasteiger partial charge in [-0.25, -0.2) is 0 Å². The van der Waals surface area contributed by atoms with Crippen LogP contribution in [0.3, 0.4) is 0 Å². The first-order valence-corrected chi connectivity index (χ1v) is 11.3. The maximum atomic E-state index is 13.2. The van der Waals surface area contributed by atoms with Crippen molar-refractivity contribution in [3.05, 3.63) is 11.6 Å². The molecule has 0 aliphatic heterocycles. The second kappa shape index (κ2) is 6.68. The number of rotatable bonds is 8. The quantitative estimate of drug-likeness (QED) is 0.371. The predicted molar refractivity (Wildman–Crippen MR) is 108 cm³/mol. The highest BCUT2D eigenvalue weighted by atomic mass is 16.5. The molecule has 1 N–H and O–H groups in total. The lowest BCUT2D eigenvalue weighted by molar-refractivity contribution is -0.186. The molecular weight excluding hydrogens is 352 g/mol. The first-order valence-electron chi connectivity index (χ1n) is 11.3. The first-order chi connectivity index (χ1) is 13.3. The van der Waals surface area contributed by atoms with Crippen molar-refractivity contribution >= 4 is 12.3 Å². The number of carbonyl (C=O) groups is 2.